The number of likely N-dealkylation sites (tertiary alicyclic amines) is 1. The van der Waals surface area contributed by atoms with E-state index < -0.39 is 11.2 Å². The van der Waals surface area contributed by atoms with Crippen LogP contribution in [-0.4, -0.2) is 58.7 Å². The molecule has 7 atom stereocenters. The van der Waals surface area contributed by atoms with Gasteiger partial charge in [-0.2, -0.15) is 0 Å². The molecule has 8 rings (SSSR count). The quantitative estimate of drug-likeness (QED) is 0.687. The SMILES string of the molecule is CO[C@]12CC[C@@]3(C[C@@H]1C(C)(O)C(C)(C)C)[C@H]1Cc4ccc(O)c5c4C3(CCN1CC1CC1)[C@H]2O5. The highest BCUT2D eigenvalue weighted by Gasteiger charge is 2.82. The summed E-state index contributed by atoms with van der Waals surface area (Å²) in [4.78, 5) is 2.82. The number of rotatable bonds is 4. The maximum absolute atomic E-state index is 12.2. The Balaban J connectivity index is 1.47. The third kappa shape index (κ3) is 2.25. The summed E-state index contributed by atoms with van der Waals surface area (Å²) in [6, 6.07) is 4.46. The summed E-state index contributed by atoms with van der Waals surface area (Å²) in [5.74, 6) is 1.80. The lowest BCUT2D eigenvalue weighted by Crippen LogP contribution is -2.83. The van der Waals surface area contributed by atoms with Gasteiger partial charge in [0.2, 0.25) is 0 Å². The zero-order valence-corrected chi connectivity index (χ0v) is 21.5. The maximum Gasteiger partial charge on any atom is 0.165 e. The van der Waals surface area contributed by atoms with Crippen LogP contribution in [0.4, 0.5) is 0 Å². The topological polar surface area (TPSA) is 62.2 Å². The van der Waals surface area contributed by atoms with E-state index >= 15 is 0 Å². The van der Waals surface area contributed by atoms with E-state index in [0.717, 1.165) is 44.6 Å². The Bertz CT molecular complexity index is 1060. The number of aromatic hydroxyl groups is 1. The third-order valence-corrected chi connectivity index (χ3v) is 11.9. The molecule has 5 fully saturated rings. The molecule has 5 nitrogen and oxygen atoms in total. The van der Waals surface area contributed by atoms with Gasteiger partial charge in [-0.3, -0.25) is 4.90 Å². The highest BCUT2D eigenvalue weighted by Crippen LogP contribution is 2.78. The summed E-state index contributed by atoms with van der Waals surface area (Å²) in [5.41, 5.74) is 0.783. The molecule has 1 aromatic carbocycles. The monoisotopic (exact) mass is 467 g/mol. The van der Waals surface area contributed by atoms with E-state index in [-0.39, 0.29) is 34.0 Å². The van der Waals surface area contributed by atoms with Gasteiger partial charge in [0.1, 0.15) is 11.7 Å². The number of benzene rings is 1. The average Bonchev–Trinajstić information content (AvgIpc) is 3.53. The Labute approximate surface area is 203 Å². The van der Waals surface area contributed by atoms with Crippen LogP contribution in [-0.2, 0) is 16.6 Å². The number of ether oxygens (including phenoxy) is 2. The van der Waals surface area contributed by atoms with Crippen LogP contribution in [0.1, 0.15) is 77.3 Å². The van der Waals surface area contributed by atoms with Crippen molar-refractivity contribution >= 4 is 0 Å². The number of fused-ring (bicyclic) bond motifs is 2. The fourth-order valence-corrected chi connectivity index (χ4v) is 9.58. The van der Waals surface area contributed by atoms with Gasteiger partial charge in [0.05, 0.1) is 5.60 Å². The molecule has 2 unspecified atom stereocenters. The van der Waals surface area contributed by atoms with E-state index in [4.69, 9.17) is 9.47 Å². The van der Waals surface area contributed by atoms with E-state index in [1.807, 2.05) is 20.1 Å². The summed E-state index contributed by atoms with van der Waals surface area (Å²) in [7, 11) is 1.83. The Morgan fingerprint density at radius 1 is 1.15 bits per heavy atom. The van der Waals surface area contributed by atoms with Crippen LogP contribution in [0.3, 0.4) is 0 Å². The van der Waals surface area contributed by atoms with Crippen LogP contribution in [0, 0.1) is 22.7 Å². The van der Waals surface area contributed by atoms with Crippen LogP contribution in [0.25, 0.3) is 0 Å². The molecule has 0 aromatic heterocycles. The number of hydrogen-bond donors (Lipinski definition) is 2. The van der Waals surface area contributed by atoms with Crippen LogP contribution in [0.15, 0.2) is 12.1 Å². The van der Waals surface area contributed by atoms with Gasteiger partial charge in [0.15, 0.2) is 11.5 Å². The number of hydrogen-bond acceptors (Lipinski definition) is 5. The van der Waals surface area contributed by atoms with Crippen molar-refractivity contribution in [2.75, 3.05) is 20.2 Å². The fraction of sp³-hybridized carbons (Fsp3) is 0.793. The molecule has 1 saturated heterocycles. The first-order valence-electron chi connectivity index (χ1n) is 13.6. The van der Waals surface area contributed by atoms with Crippen molar-refractivity contribution in [2.45, 2.75) is 101 Å². The van der Waals surface area contributed by atoms with E-state index in [1.54, 1.807) is 0 Å². The smallest absolute Gasteiger partial charge is 0.165 e. The van der Waals surface area contributed by atoms with Crippen molar-refractivity contribution in [1.29, 1.82) is 0 Å². The fourth-order valence-electron chi connectivity index (χ4n) is 9.58. The zero-order chi connectivity index (χ0) is 23.9. The van der Waals surface area contributed by atoms with Crippen molar-refractivity contribution in [3.63, 3.8) is 0 Å². The Morgan fingerprint density at radius 3 is 2.59 bits per heavy atom. The molecule has 2 aliphatic heterocycles. The van der Waals surface area contributed by atoms with Crippen molar-refractivity contribution in [3.8, 4) is 11.5 Å². The van der Waals surface area contributed by atoms with Crippen molar-refractivity contribution in [3.05, 3.63) is 23.3 Å². The summed E-state index contributed by atoms with van der Waals surface area (Å²) < 4.78 is 13.5. The normalized spacial score (nSPS) is 43.9. The highest BCUT2D eigenvalue weighted by molar-refractivity contribution is 5.63. The predicted molar refractivity (Wildman–Crippen MR) is 130 cm³/mol. The van der Waals surface area contributed by atoms with Crippen molar-refractivity contribution in [1.82, 2.24) is 4.90 Å². The predicted octanol–water partition coefficient (Wildman–Crippen LogP) is 4.41. The molecular weight excluding hydrogens is 426 g/mol. The minimum atomic E-state index is -0.909. The van der Waals surface area contributed by atoms with E-state index in [9.17, 15) is 10.2 Å². The second-order valence-corrected chi connectivity index (χ2v) is 13.8. The van der Waals surface area contributed by atoms with Gasteiger partial charge in [-0.25, -0.2) is 0 Å². The number of aliphatic hydroxyl groups is 1. The highest BCUT2D eigenvalue weighted by atomic mass is 16.6. The Hall–Kier alpha value is -1.30. The van der Waals surface area contributed by atoms with Gasteiger partial charge in [-0.1, -0.05) is 26.8 Å². The molecule has 186 valence electrons. The van der Waals surface area contributed by atoms with Crippen molar-refractivity contribution in [2.24, 2.45) is 22.7 Å². The lowest BCUT2D eigenvalue weighted by Gasteiger charge is -2.75. The lowest BCUT2D eigenvalue weighted by molar-refractivity contribution is -0.312. The van der Waals surface area contributed by atoms with Gasteiger partial charge in [-0.15, -0.1) is 0 Å². The molecule has 5 aliphatic carbocycles. The molecule has 2 heterocycles. The standard InChI is InChI=1S/C29H41NO4/c1-25(2,3)26(4,32)20-15-27-10-11-29(20,33-5)24-28(27)12-13-30(16-17-6-7-17)21(27)14-18-8-9-19(31)23(34-24)22(18)28/h8-9,17,20-21,24,31-32H,6-7,10-16H2,1-5H3/t20-,21-,24-,26?,27-,28?,29-/m1/s1. The average molecular weight is 468 g/mol. The molecule has 2 spiro atoms. The Kier molecular flexibility index (Phi) is 4.08. The molecule has 1 aromatic rings. The Morgan fingerprint density at radius 2 is 1.91 bits per heavy atom. The zero-order valence-electron chi connectivity index (χ0n) is 21.5. The number of piperidine rings is 1. The summed E-state index contributed by atoms with van der Waals surface area (Å²) in [5, 5.41) is 23.2. The van der Waals surface area contributed by atoms with E-state index in [0.29, 0.717) is 11.8 Å². The number of phenolic OH excluding ortho intramolecular Hbond substituents is 1. The molecule has 0 amide bonds. The van der Waals surface area contributed by atoms with Crippen LogP contribution in [0.2, 0.25) is 0 Å². The van der Waals surface area contributed by atoms with Crippen LogP contribution in [0.5, 0.6) is 11.5 Å². The number of phenols is 1. The van der Waals surface area contributed by atoms with Crippen LogP contribution < -0.4 is 4.74 Å². The number of methoxy groups -OCH3 is 1. The second kappa shape index (κ2) is 6.33. The first-order chi connectivity index (χ1) is 16.0. The van der Waals surface area contributed by atoms with Crippen molar-refractivity contribution < 1.29 is 19.7 Å². The first kappa shape index (κ1) is 21.9. The van der Waals surface area contributed by atoms with Gasteiger partial charge in [-0.05, 0) is 81.4 Å². The summed E-state index contributed by atoms with van der Waals surface area (Å²) in [6.45, 7) is 10.8. The molecule has 4 saturated carbocycles. The first-order valence-corrected chi connectivity index (χ1v) is 13.6. The largest absolute Gasteiger partial charge is 0.504 e. The third-order valence-electron chi connectivity index (χ3n) is 11.9. The van der Waals surface area contributed by atoms with Gasteiger partial charge in [0.25, 0.3) is 0 Å². The van der Waals surface area contributed by atoms with E-state index in [2.05, 4.69) is 31.7 Å². The molecule has 4 bridgehead atoms. The maximum atomic E-state index is 12.2. The minimum absolute atomic E-state index is 0.0294. The van der Waals surface area contributed by atoms with Gasteiger partial charge >= 0.3 is 0 Å². The molecular formula is C29H41NO4. The molecule has 34 heavy (non-hydrogen) atoms. The lowest BCUT2D eigenvalue weighted by atomic mass is 9.33. The second-order valence-electron chi connectivity index (χ2n) is 13.8. The molecule has 5 heteroatoms. The number of nitrogens with zero attached hydrogens (tertiary/aromatic N) is 1. The molecule has 7 aliphatic rings. The summed E-state index contributed by atoms with van der Waals surface area (Å²) in [6.07, 6.45) is 7.64. The minimum Gasteiger partial charge on any atom is -0.504 e. The molecule has 0 radical (unpaired) electrons. The van der Waals surface area contributed by atoms with E-state index in [1.165, 1.54) is 30.5 Å². The van der Waals surface area contributed by atoms with Crippen LogP contribution >= 0.6 is 0 Å². The van der Waals surface area contributed by atoms with Gasteiger partial charge in [0, 0.05) is 42.0 Å². The summed E-state index contributed by atoms with van der Waals surface area (Å²) >= 11 is 0. The molecule has 2 N–H and O–H groups in total. The van der Waals surface area contributed by atoms with Gasteiger partial charge < -0.3 is 19.7 Å².